The van der Waals surface area contributed by atoms with E-state index in [1.165, 1.54) is 15.3 Å². The monoisotopic (exact) mass is 273 g/mol. The molecule has 2 aromatic rings. The number of rotatable bonds is 3. The summed E-state index contributed by atoms with van der Waals surface area (Å²) in [7, 11) is 0. The van der Waals surface area contributed by atoms with Crippen molar-refractivity contribution >= 4 is 11.3 Å². The summed E-state index contributed by atoms with van der Waals surface area (Å²) < 4.78 is 5.82. The van der Waals surface area contributed by atoms with Gasteiger partial charge in [-0.1, -0.05) is 25.1 Å². The van der Waals surface area contributed by atoms with Crippen LogP contribution in [-0.4, -0.2) is 12.1 Å². The van der Waals surface area contributed by atoms with Crippen molar-refractivity contribution in [3.8, 4) is 5.75 Å². The van der Waals surface area contributed by atoms with Crippen molar-refractivity contribution in [2.45, 2.75) is 31.7 Å². The summed E-state index contributed by atoms with van der Waals surface area (Å²) in [5, 5.41) is 0. The van der Waals surface area contributed by atoms with E-state index in [1.54, 1.807) is 0 Å². The molecule has 0 aliphatic carbocycles. The Labute approximate surface area is 118 Å². The van der Waals surface area contributed by atoms with E-state index in [9.17, 15) is 0 Å². The Kier molecular flexibility index (Phi) is 3.33. The first kappa shape index (κ1) is 12.7. The van der Waals surface area contributed by atoms with Crippen LogP contribution in [0.2, 0.25) is 0 Å². The quantitative estimate of drug-likeness (QED) is 0.932. The number of hydrogen-bond acceptors (Lipinski definition) is 3. The molecule has 1 atom stereocenters. The van der Waals surface area contributed by atoms with Gasteiger partial charge in [0.1, 0.15) is 12.4 Å². The molecule has 0 saturated heterocycles. The summed E-state index contributed by atoms with van der Waals surface area (Å²) in [6.07, 6.45) is 2.89. The van der Waals surface area contributed by atoms with E-state index in [1.807, 2.05) is 29.5 Å². The van der Waals surface area contributed by atoms with Crippen LogP contribution in [0.15, 0.2) is 36.4 Å². The number of benzene rings is 1. The second kappa shape index (κ2) is 4.99. The van der Waals surface area contributed by atoms with Gasteiger partial charge in [0.2, 0.25) is 0 Å². The lowest BCUT2D eigenvalue weighted by atomic mass is 9.86. The zero-order valence-electron chi connectivity index (χ0n) is 11.2. The Balaban J connectivity index is 1.78. The molecule has 1 aliphatic heterocycles. The molecule has 2 heterocycles. The zero-order valence-corrected chi connectivity index (χ0v) is 12.0. The molecule has 0 spiro atoms. The lowest BCUT2D eigenvalue weighted by Gasteiger charge is -2.34. The minimum Gasteiger partial charge on any atom is -0.491 e. The molecule has 2 N–H and O–H groups in total. The van der Waals surface area contributed by atoms with E-state index >= 15 is 0 Å². The molecule has 3 heteroatoms. The minimum absolute atomic E-state index is 0.274. The number of ether oxygens (including phenoxy) is 1. The number of aryl methyl sites for hydroxylation is 1. The molecule has 0 fully saturated rings. The van der Waals surface area contributed by atoms with Crippen LogP contribution in [0.25, 0.3) is 0 Å². The van der Waals surface area contributed by atoms with Crippen LogP contribution >= 0.6 is 11.3 Å². The van der Waals surface area contributed by atoms with Crippen LogP contribution in [0, 0.1) is 0 Å². The lowest BCUT2D eigenvalue weighted by Crippen LogP contribution is -2.51. The summed E-state index contributed by atoms with van der Waals surface area (Å²) >= 11 is 1.87. The molecular weight excluding hydrogens is 254 g/mol. The molecule has 1 unspecified atom stereocenters. The standard InChI is InChI=1S/C16H19NOS/c1-2-13-7-8-14(19-13)10-16(17)9-12-5-3-4-6-15(12)18-11-16/h3-8H,2,9-11,17H2,1H3. The predicted molar refractivity (Wildman–Crippen MR) is 80.0 cm³/mol. The molecule has 0 amide bonds. The number of hydrogen-bond donors (Lipinski definition) is 1. The second-order valence-electron chi connectivity index (χ2n) is 5.33. The van der Waals surface area contributed by atoms with Crippen molar-refractivity contribution < 1.29 is 4.74 Å². The Morgan fingerprint density at radius 3 is 2.79 bits per heavy atom. The average Bonchev–Trinajstić information content (AvgIpc) is 2.85. The largest absolute Gasteiger partial charge is 0.491 e. The summed E-state index contributed by atoms with van der Waals surface area (Å²) in [5.41, 5.74) is 7.49. The van der Waals surface area contributed by atoms with Gasteiger partial charge < -0.3 is 10.5 Å². The third kappa shape index (κ3) is 2.67. The van der Waals surface area contributed by atoms with E-state index in [4.69, 9.17) is 10.5 Å². The lowest BCUT2D eigenvalue weighted by molar-refractivity contribution is 0.190. The Hall–Kier alpha value is -1.32. The molecule has 100 valence electrons. The van der Waals surface area contributed by atoms with Crippen molar-refractivity contribution in [1.82, 2.24) is 0 Å². The maximum Gasteiger partial charge on any atom is 0.122 e. The molecular formula is C16H19NOS. The van der Waals surface area contributed by atoms with Crippen LogP contribution < -0.4 is 10.5 Å². The van der Waals surface area contributed by atoms with Crippen LogP contribution in [0.3, 0.4) is 0 Å². The first-order chi connectivity index (χ1) is 9.18. The Morgan fingerprint density at radius 1 is 1.21 bits per heavy atom. The van der Waals surface area contributed by atoms with Gasteiger partial charge >= 0.3 is 0 Å². The van der Waals surface area contributed by atoms with Crippen LogP contribution in [0.4, 0.5) is 0 Å². The highest BCUT2D eigenvalue weighted by Gasteiger charge is 2.32. The SMILES string of the molecule is CCc1ccc(CC2(N)COc3ccccc3C2)s1. The van der Waals surface area contributed by atoms with Gasteiger partial charge in [-0.25, -0.2) is 0 Å². The number of para-hydroxylation sites is 1. The number of nitrogens with two attached hydrogens (primary N) is 1. The highest BCUT2D eigenvalue weighted by atomic mass is 32.1. The first-order valence-corrected chi connectivity index (χ1v) is 7.57. The average molecular weight is 273 g/mol. The smallest absolute Gasteiger partial charge is 0.122 e. The van der Waals surface area contributed by atoms with Gasteiger partial charge in [-0.15, -0.1) is 11.3 Å². The zero-order chi connectivity index (χ0) is 13.3. The topological polar surface area (TPSA) is 35.2 Å². The molecule has 19 heavy (non-hydrogen) atoms. The van der Waals surface area contributed by atoms with Crippen molar-refractivity contribution in [3.63, 3.8) is 0 Å². The van der Waals surface area contributed by atoms with Crippen LogP contribution in [-0.2, 0) is 19.3 Å². The highest BCUT2D eigenvalue weighted by Crippen LogP contribution is 2.31. The fraction of sp³-hybridized carbons (Fsp3) is 0.375. The van der Waals surface area contributed by atoms with Crippen molar-refractivity contribution in [3.05, 3.63) is 51.7 Å². The maximum absolute atomic E-state index is 6.54. The van der Waals surface area contributed by atoms with Gasteiger partial charge in [-0.2, -0.15) is 0 Å². The molecule has 1 aromatic carbocycles. The molecule has 0 radical (unpaired) electrons. The van der Waals surface area contributed by atoms with E-state index in [0.717, 1.165) is 25.0 Å². The van der Waals surface area contributed by atoms with Crippen molar-refractivity contribution in [2.75, 3.05) is 6.61 Å². The van der Waals surface area contributed by atoms with E-state index in [0.29, 0.717) is 6.61 Å². The highest BCUT2D eigenvalue weighted by molar-refractivity contribution is 7.12. The van der Waals surface area contributed by atoms with Crippen LogP contribution in [0.1, 0.15) is 22.2 Å². The number of fused-ring (bicyclic) bond motifs is 1. The van der Waals surface area contributed by atoms with E-state index in [-0.39, 0.29) is 5.54 Å². The molecule has 1 aliphatic rings. The fourth-order valence-electron chi connectivity index (χ4n) is 2.61. The third-order valence-electron chi connectivity index (χ3n) is 3.62. The first-order valence-electron chi connectivity index (χ1n) is 6.76. The van der Waals surface area contributed by atoms with E-state index < -0.39 is 0 Å². The van der Waals surface area contributed by atoms with Crippen molar-refractivity contribution in [2.24, 2.45) is 5.73 Å². The predicted octanol–water partition coefficient (Wildman–Crippen LogP) is 3.19. The molecule has 1 aromatic heterocycles. The minimum atomic E-state index is -0.274. The van der Waals surface area contributed by atoms with E-state index in [2.05, 4.69) is 25.1 Å². The second-order valence-corrected chi connectivity index (χ2v) is 6.59. The molecule has 0 saturated carbocycles. The summed E-state index contributed by atoms with van der Waals surface area (Å²) in [4.78, 5) is 2.79. The molecule has 0 bridgehead atoms. The summed E-state index contributed by atoms with van der Waals surface area (Å²) in [6, 6.07) is 12.6. The molecule has 2 nitrogen and oxygen atoms in total. The summed E-state index contributed by atoms with van der Waals surface area (Å²) in [6.45, 7) is 2.79. The third-order valence-corrected chi connectivity index (χ3v) is 4.85. The van der Waals surface area contributed by atoms with Crippen molar-refractivity contribution in [1.29, 1.82) is 0 Å². The van der Waals surface area contributed by atoms with Gasteiger partial charge in [-0.05, 0) is 36.6 Å². The maximum atomic E-state index is 6.54. The van der Waals surface area contributed by atoms with Gasteiger partial charge in [0.05, 0.1) is 5.54 Å². The Bertz CT molecular complexity index is 578. The van der Waals surface area contributed by atoms with Crippen LogP contribution in [0.5, 0.6) is 5.75 Å². The number of thiophene rings is 1. The fourth-order valence-corrected chi connectivity index (χ4v) is 3.72. The van der Waals surface area contributed by atoms with Gasteiger partial charge in [0.25, 0.3) is 0 Å². The normalized spacial score (nSPS) is 21.8. The molecule has 3 rings (SSSR count). The van der Waals surface area contributed by atoms with Gasteiger partial charge in [0.15, 0.2) is 0 Å². The Morgan fingerprint density at radius 2 is 2.00 bits per heavy atom. The summed E-state index contributed by atoms with van der Waals surface area (Å²) in [5.74, 6) is 0.990. The van der Waals surface area contributed by atoms with Gasteiger partial charge in [0, 0.05) is 16.2 Å². The van der Waals surface area contributed by atoms with Gasteiger partial charge in [-0.3, -0.25) is 0 Å².